The summed E-state index contributed by atoms with van der Waals surface area (Å²) in [5, 5.41) is 20.9. The number of carbonyl (C=O) groups is 1. The van der Waals surface area contributed by atoms with Gasteiger partial charge in [0, 0.05) is 23.7 Å². The molecule has 0 amide bonds. The molecule has 0 aliphatic heterocycles. The van der Waals surface area contributed by atoms with Crippen molar-refractivity contribution in [2.45, 2.75) is 12.5 Å². The lowest BCUT2D eigenvalue weighted by Crippen LogP contribution is -2.30. The summed E-state index contributed by atoms with van der Waals surface area (Å²) in [6.45, 7) is -0.169. The fraction of sp³-hybridized carbons (Fsp3) is 0.300. The van der Waals surface area contributed by atoms with Crippen molar-refractivity contribution in [2.24, 2.45) is 0 Å². The molecule has 1 aromatic rings. The van der Waals surface area contributed by atoms with Gasteiger partial charge in [-0.2, -0.15) is 0 Å². The Balaban J connectivity index is 2.65. The van der Waals surface area contributed by atoms with Crippen LogP contribution in [0.3, 0.4) is 0 Å². The number of carboxylic acid groups (broad SMARTS) is 1. The first-order valence-electron chi connectivity index (χ1n) is 4.49. The quantitative estimate of drug-likeness (QED) is 0.717. The molecule has 1 aromatic carbocycles. The molecule has 1 unspecified atom stereocenters. The fourth-order valence-corrected chi connectivity index (χ4v) is 1.26. The van der Waals surface area contributed by atoms with Crippen molar-refractivity contribution in [2.75, 3.05) is 11.9 Å². The second kappa shape index (κ2) is 5.58. The van der Waals surface area contributed by atoms with Crippen LogP contribution in [0.25, 0.3) is 0 Å². The smallest absolute Gasteiger partial charge is 0.326 e. The van der Waals surface area contributed by atoms with E-state index in [1.165, 1.54) is 0 Å². The van der Waals surface area contributed by atoms with Crippen LogP contribution in [0.2, 0.25) is 5.02 Å². The number of nitrogens with one attached hydrogen (secondary N) is 1. The molecule has 0 aliphatic rings. The zero-order chi connectivity index (χ0) is 11.3. The van der Waals surface area contributed by atoms with Crippen molar-refractivity contribution in [3.63, 3.8) is 0 Å². The highest BCUT2D eigenvalue weighted by atomic mass is 35.5. The minimum absolute atomic E-state index is 0.165. The van der Waals surface area contributed by atoms with Gasteiger partial charge in [0.25, 0.3) is 0 Å². The van der Waals surface area contributed by atoms with E-state index in [9.17, 15) is 4.79 Å². The summed E-state index contributed by atoms with van der Waals surface area (Å²) in [5.74, 6) is -0.987. The summed E-state index contributed by atoms with van der Waals surface area (Å²) in [7, 11) is 0. The van der Waals surface area contributed by atoms with E-state index in [1.807, 2.05) is 0 Å². The van der Waals surface area contributed by atoms with Gasteiger partial charge < -0.3 is 15.5 Å². The number of benzene rings is 1. The van der Waals surface area contributed by atoms with E-state index < -0.39 is 12.0 Å². The van der Waals surface area contributed by atoms with E-state index in [1.54, 1.807) is 24.3 Å². The van der Waals surface area contributed by atoms with Crippen molar-refractivity contribution in [1.29, 1.82) is 0 Å². The topological polar surface area (TPSA) is 69.6 Å². The number of carboxylic acids is 1. The summed E-state index contributed by atoms with van der Waals surface area (Å²) in [6.07, 6.45) is 0.165. The van der Waals surface area contributed by atoms with Gasteiger partial charge in [-0.1, -0.05) is 11.6 Å². The lowest BCUT2D eigenvalue weighted by molar-refractivity contribution is -0.138. The minimum atomic E-state index is -0.987. The molecular formula is C10H12ClNO3. The van der Waals surface area contributed by atoms with E-state index in [0.29, 0.717) is 10.7 Å². The monoisotopic (exact) mass is 229 g/mol. The number of hydrogen-bond acceptors (Lipinski definition) is 3. The molecule has 3 N–H and O–H groups in total. The predicted molar refractivity (Wildman–Crippen MR) is 58.2 cm³/mol. The van der Waals surface area contributed by atoms with Gasteiger partial charge in [0.05, 0.1) is 0 Å². The Bertz CT molecular complexity index is 326. The van der Waals surface area contributed by atoms with E-state index >= 15 is 0 Å². The first-order valence-corrected chi connectivity index (χ1v) is 4.87. The molecule has 82 valence electrons. The van der Waals surface area contributed by atoms with Crippen LogP contribution in [0.5, 0.6) is 0 Å². The summed E-state index contributed by atoms with van der Waals surface area (Å²) in [4.78, 5) is 10.8. The van der Waals surface area contributed by atoms with Gasteiger partial charge in [0.2, 0.25) is 0 Å². The van der Waals surface area contributed by atoms with Crippen molar-refractivity contribution in [3.8, 4) is 0 Å². The average molecular weight is 230 g/mol. The van der Waals surface area contributed by atoms with Gasteiger partial charge in [-0.3, -0.25) is 0 Å². The summed E-state index contributed by atoms with van der Waals surface area (Å²) in [5.41, 5.74) is 0.667. The summed E-state index contributed by atoms with van der Waals surface area (Å²) < 4.78 is 0. The molecule has 15 heavy (non-hydrogen) atoms. The van der Waals surface area contributed by atoms with Crippen LogP contribution in [-0.4, -0.2) is 28.8 Å². The van der Waals surface area contributed by atoms with Crippen molar-refractivity contribution in [3.05, 3.63) is 29.3 Å². The Morgan fingerprint density at radius 3 is 2.47 bits per heavy atom. The van der Waals surface area contributed by atoms with Crippen LogP contribution in [0.4, 0.5) is 5.69 Å². The molecule has 0 aromatic heterocycles. The first-order chi connectivity index (χ1) is 7.13. The third-order valence-electron chi connectivity index (χ3n) is 1.90. The second-order valence-corrected chi connectivity index (χ2v) is 3.49. The number of aliphatic carboxylic acids is 1. The van der Waals surface area contributed by atoms with Crippen LogP contribution in [0.15, 0.2) is 24.3 Å². The Morgan fingerprint density at radius 1 is 1.40 bits per heavy atom. The maximum Gasteiger partial charge on any atom is 0.326 e. The Kier molecular flexibility index (Phi) is 4.39. The van der Waals surface area contributed by atoms with Gasteiger partial charge >= 0.3 is 5.97 Å². The molecule has 0 spiro atoms. The van der Waals surface area contributed by atoms with Crippen LogP contribution < -0.4 is 5.32 Å². The molecule has 1 atom stereocenters. The molecule has 0 radical (unpaired) electrons. The molecular weight excluding hydrogens is 218 g/mol. The van der Waals surface area contributed by atoms with E-state index in [-0.39, 0.29) is 13.0 Å². The molecule has 0 aliphatic carbocycles. The van der Waals surface area contributed by atoms with E-state index in [4.69, 9.17) is 21.8 Å². The molecule has 0 bridgehead atoms. The van der Waals surface area contributed by atoms with Gasteiger partial charge in [0.15, 0.2) is 0 Å². The third-order valence-corrected chi connectivity index (χ3v) is 2.15. The number of anilines is 1. The number of aliphatic hydroxyl groups is 1. The Hall–Kier alpha value is -1.26. The fourth-order valence-electron chi connectivity index (χ4n) is 1.13. The maximum atomic E-state index is 10.8. The van der Waals surface area contributed by atoms with Gasteiger partial charge in [-0.15, -0.1) is 0 Å². The normalized spacial score (nSPS) is 12.1. The molecule has 5 heteroatoms. The lowest BCUT2D eigenvalue weighted by Gasteiger charge is -2.14. The summed E-state index contributed by atoms with van der Waals surface area (Å²) in [6, 6.07) is 5.94. The SMILES string of the molecule is O=C(O)C(CCO)Nc1ccc(Cl)cc1. The van der Waals surface area contributed by atoms with E-state index in [2.05, 4.69) is 5.32 Å². The number of aliphatic hydroxyl groups excluding tert-OH is 1. The minimum Gasteiger partial charge on any atom is -0.480 e. The van der Waals surface area contributed by atoms with E-state index in [0.717, 1.165) is 0 Å². The van der Waals surface area contributed by atoms with Crippen molar-refractivity contribution < 1.29 is 15.0 Å². The Morgan fingerprint density at radius 2 is 2.00 bits per heavy atom. The highest BCUT2D eigenvalue weighted by Crippen LogP contribution is 2.14. The zero-order valence-electron chi connectivity index (χ0n) is 7.98. The molecule has 0 fully saturated rings. The lowest BCUT2D eigenvalue weighted by atomic mass is 10.2. The van der Waals surface area contributed by atoms with Crippen LogP contribution in [0, 0.1) is 0 Å². The van der Waals surface area contributed by atoms with Crippen LogP contribution >= 0.6 is 11.6 Å². The molecule has 0 saturated heterocycles. The van der Waals surface area contributed by atoms with Crippen molar-refractivity contribution >= 4 is 23.3 Å². The molecule has 0 heterocycles. The second-order valence-electron chi connectivity index (χ2n) is 3.05. The predicted octanol–water partition coefficient (Wildman–Crippen LogP) is 1.59. The van der Waals surface area contributed by atoms with Crippen LogP contribution in [0.1, 0.15) is 6.42 Å². The molecule has 0 saturated carbocycles. The highest BCUT2D eigenvalue weighted by molar-refractivity contribution is 6.30. The largest absolute Gasteiger partial charge is 0.480 e. The Labute approximate surface area is 92.5 Å². The molecule has 1 rings (SSSR count). The molecule has 4 nitrogen and oxygen atoms in total. The maximum absolute atomic E-state index is 10.8. The van der Waals surface area contributed by atoms with Gasteiger partial charge in [-0.05, 0) is 24.3 Å². The zero-order valence-corrected chi connectivity index (χ0v) is 8.74. The number of hydrogen-bond donors (Lipinski definition) is 3. The van der Waals surface area contributed by atoms with Gasteiger partial charge in [0.1, 0.15) is 6.04 Å². The van der Waals surface area contributed by atoms with Crippen molar-refractivity contribution in [1.82, 2.24) is 0 Å². The third kappa shape index (κ3) is 3.77. The van der Waals surface area contributed by atoms with Gasteiger partial charge in [-0.25, -0.2) is 4.79 Å². The average Bonchev–Trinajstić information content (AvgIpc) is 2.20. The number of rotatable bonds is 5. The van der Waals surface area contributed by atoms with Crippen LogP contribution in [-0.2, 0) is 4.79 Å². The summed E-state index contributed by atoms with van der Waals surface area (Å²) >= 11 is 5.69. The highest BCUT2D eigenvalue weighted by Gasteiger charge is 2.15. The number of halogens is 1. The standard InChI is InChI=1S/C10H12ClNO3/c11-7-1-3-8(4-2-7)12-9(5-6-13)10(14)15/h1-4,9,12-13H,5-6H2,(H,14,15). The first kappa shape index (κ1) is 11.8.